The summed E-state index contributed by atoms with van der Waals surface area (Å²) in [5.41, 5.74) is 3.24. The lowest BCUT2D eigenvalue weighted by atomic mass is 10.0. The largest absolute Gasteiger partial charge is 0.464 e. The van der Waals surface area contributed by atoms with Crippen LogP contribution in [0.3, 0.4) is 0 Å². The normalized spacial score (nSPS) is 12.5. The molecule has 0 unspecified atom stereocenters. The van der Waals surface area contributed by atoms with Crippen LogP contribution in [0.2, 0.25) is 19.6 Å². The fourth-order valence-electron chi connectivity index (χ4n) is 2.72. The molecule has 7 heteroatoms. The molecular weight excluding hydrogens is 384 g/mol. The maximum Gasteiger partial charge on any atom is 0.360 e. The van der Waals surface area contributed by atoms with Crippen molar-refractivity contribution >= 4 is 30.7 Å². The minimum Gasteiger partial charge on any atom is -0.464 e. The number of oxime groups is 2. The predicted octanol–water partition coefficient (Wildman–Crippen LogP) is 3.70. The number of methoxy groups -OCH3 is 1. The monoisotopic (exact) mass is 412 g/mol. The number of esters is 1. The first-order chi connectivity index (χ1) is 13.8. The minimum atomic E-state index is -1.40. The summed E-state index contributed by atoms with van der Waals surface area (Å²) >= 11 is 0. The van der Waals surface area contributed by atoms with Gasteiger partial charge in [-0.3, -0.25) is 0 Å². The first-order valence-corrected chi connectivity index (χ1v) is 12.8. The molecule has 0 bridgehead atoms. The smallest absolute Gasteiger partial charge is 0.360 e. The Morgan fingerprint density at radius 2 is 1.72 bits per heavy atom. The number of rotatable bonds is 8. The van der Waals surface area contributed by atoms with Crippen molar-refractivity contribution in [2.24, 2.45) is 10.3 Å². The van der Waals surface area contributed by atoms with Crippen molar-refractivity contribution in [3.05, 3.63) is 65.2 Å². The van der Waals surface area contributed by atoms with Crippen molar-refractivity contribution in [3.8, 4) is 0 Å². The molecule has 0 aliphatic carbocycles. The molecule has 6 nitrogen and oxygen atoms in total. The van der Waals surface area contributed by atoms with Gasteiger partial charge in [0.15, 0.2) is 5.71 Å². The van der Waals surface area contributed by atoms with E-state index in [1.54, 1.807) is 6.07 Å². The second kappa shape index (κ2) is 10.0. The van der Waals surface area contributed by atoms with Gasteiger partial charge in [0.1, 0.15) is 13.7 Å². The van der Waals surface area contributed by atoms with Gasteiger partial charge in [0.05, 0.1) is 20.9 Å². The zero-order chi connectivity index (χ0) is 21.4. The molecule has 0 amide bonds. The van der Waals surface area contributed by atoms with E-state index in [9.17, 15) is 4.79 Å². The number of nitrogens with zero attached hydrogens (tertiary/aromatic N) is 2. The third-order valence-corrected chi connectivity index (χ3v) is 6.44. The summed E-state index contributed by atoms with van der Waals surface area (Å²) in [7, 11) is 1.28. The maximum absolute atomic E-state index is 12.0. The molecule has 0 aromatic heterocycles. The molecule has 29 heavy (non-hydrogen) atoms. The van der Waals surface area contributed by atoms with Crippen molar-refractivity contribution in [2.75, 3.05) is 14.2 Å². The highest BCUT2D eigenvalue weighted by atomic mass is 28.3. The average molecular weight is 413 g/mol. The second-order valence-corrected chi connectivity index (χ2v) is 12.6. The van der Waals surface area contributed by atoms with E-state index < -0.39 is 14.0 Å². The van der Waals surface area contributed by atoms with Crippen LogP contribution < -0.4 is 5.19 Å². The third kappa shape index (κ3) is 6.02. The van der Waals surface area contributed by atoms with E-state index in [1.807, 2.05) is 31.2 Å². The van der Waals surface area contributed by atoms with Gasteiger partial charge >= 0.3 is 5.97 Å². The van der Waals surface area contributed by atoms with Gasteiger partial charge in [0, 0.05) is 11.1 Å². The molecule has 0 aliphatic rings. The SMILES string of the molecule is CO/N=C(\C(=O)OC)c1ccccc1CO/N=C(/C)c1cccc([Si](C)(C)C)c1. The van der Waals surface area contributed by atoms with Crippen LogP contribution >= 0.6 is 0 Å². The maximum atomic E-state index is 12.0. The molecule has 2 aromatic carbocycles. The van der Waals surface area contributed by atoms with E-state index in [-0.39, 0.29) is 12.3 Å². The number of benzene rings is 2. The van der Waals surface area contributed by atoms with Crippen LogP contribution in [0.25, 0.3) is 0 Å². The zero-order valence-corrected chi connectivity index (χ0v) is 18.9. The molecule has 0 heterocycles. The van der Waals surface area contributed by atoms with Gasteiger partial charge in [-0.25, -0.2) is 4.79 Å². The van der Waals surface area contributed by atoms with Crippen LogP contribution in [0, 0.1) is 0 Å². The molecule has 0 spiro atoms. The predicted molar refractivity (Wildman–Crippen MR) is 118 cm³/mol. The second-order valence-electron chi connectivity index (χ2n) is 7.55. The van der Waals surface area contributed by atoms with E-state index in [0.717, 1.165) is 16.8 Å². The summed E-state index contributed by atoms with van der Waals surface area (Å²) in [5.74, 6) is -0.581. The summed E-state index contributed by atoms with van der Waals surface area (Å²) in [6.07, 6.45) is 0. The average Bonchev–Trinajstić information content (AvgIpc) is 2.71. The van der Waals surface area contributed by atoms with Crippen molar-refractivity contribution < 1.29 is 19.2 Å². The molecule has 0 atom stereocenters. The number of hydrogen-bond acceptors (Lipinski definition) is 6. The molecule has 0 aliphatic heterocycles. The van der Waals surface area contributed by atoms with Crippen LogP contribution in [0.5, 0.6) is 0 Å². The Labute approximate surface area is 173 Å². The molecule has 0 N–H and O–H groups in total. The van der Waals surface area contributed by atoms with Crippen molar-refractivity contribution in [1.29, 1.82) is 0 Å². The molecular formula is C22H28N2O4Si. The van der Waals surface area contributed by atoms with E-state index in [0.29, 0.717) is 5.56 Å². The van der Waals surface area contributed by atoms with Crippen molar-refractivity contribution in [2.45, 2.75) is 33.2 Å². The Hall–Kier alpha value is -2.93. The summed E-state index contributed by atoms with van der Waals surface area (Å²) in [4.78, 5) is 22.4. The van der Waals surface area contributed by atoms with Crippen LogP contribution in [0.1, 0.15) is 23.6 Å². The number of hydrogen-bond donors (Lipinski definition) is 0. The Morgan fingerprint density at radius 3 is 2.38 bits per heavy atom. The van der Waals surface area contributed by atoms with E-state index in [4.69, 9.17) is 14.4 Å². The fourth-order valence-corrected chi connectivity index (χ4v) is 3.91. The Morgan fingerprint density at radius 1 is 1.00 bits per heavy atom. The highest BCUT2D eigenvalue weighted by Crippen LogP contribution is 2.14. The summed E-state index contributed by atoms with van der Waals surface area (Å²) in [6, 6.07) is 15.7. The molecule has 2 rings (SSSR count). The van der Waals surface area contributed by atoms with Gasteiger partial charge in [-0.1, -0.05) is 83.7 Å². The topological polar surface area (TPSA) is 69.5 Å². The van der Waals surface area contributed by atoms with Gasteiger partial charge in [-0.15, -0.1) is 0 Å². The van der Waals surface area contributed by atoms with E-state index >= 15 is 0 Å². The fraction of sp³-hybridized carbons (Fsp3) is 0.318. The van der Waals surface area contributed by atoms with Crippen LogP contribution in [0.15, 0.2) is 58.8 Å². The highest BCUT2D eigenvalue weighted by molar-refractivity contribution is 6.88. The molecule has 154 valence electrons. The quantitative estimate of drug-likeness (QED) is 0.287. The van der Waals surface area contributed by atoms with Gasteiger partial charge in [-0.2, -0.15) is 0 Å². The van der Waals surface area contributed by atoms with Crippen molar-refractivity contribution in [3.63, 3.8) is 0 Å². The van der Waals surface area contributed by atoms with E-state index in [2.05, 4.69) is 48.2 Å². The number of ether oxygens (including phenoxy) is 1. The first kappa shape index (κ1) is 22.4. The number of carbonyl (C=O) groups excluding carboxylic acids is 1. The lowest BCUT2D eigenvalue weighted by Crippen LogP contribution is -2.37. The lowest BCUT2D eigenvalue weighted by Gasteiger charge is -2.17. The Bertz CT molecular complexity index is 917. The van der Waals surface area contributed by atoms with Gasteiger partial charge in [0.25, 0.3) is 0 Å². The minimum absolute atomic E-state index is 0.0812. The first-order valence-electron chi connectivity index (χ1n) is 9.33. The Balaban J connectivity index is 2.21. The zero-order valence-electron chi connectivity index (χ0n) is 17.9. The standard InChI is InChI=1S/C22H28N2O4Si/c1-16(17-11-9-12-19(14-17)29(4,5)6)23-28-15-18-10-7-8-13-20(18)21(24-27-3)22(25)26-2/h7-14H,15H2,1-6H3/b23-16-,24-21-. The van der Waals surface area contributed by atoms with Crippen LogP contribution in [-0.4, -0.2) is 39.7 Å². The third-order valence-electron chi connectivity index (χ3n) is 4.40. The van der Waals surface area contributed by atoms with Crippen LogP contribution in [0.4, 0.5) is 0 Å². The van der Waals surface area contributed by atoms with Gasteiger partial charge in [-0.05, 0) is 12.5 Å². The molecule has 2 aromatic rings. The lowest BCUT2D eigenvalue weighted by molar-refractivity contribution is -0.132. The summed E-state index contributed by atoms with van der Waals surface area (Å²) < 4.78 is 4.80. The van der Waals surface area contributed by atoms with Crippen molar-refractivity contribution in [1.82, 2.24) is 0 Å². The van der Waals surface area contributed by atoms with Crippen LogP contribution in [-0.2, 0) is 25.8 Å². The van der Waals surface area contributed by atoms with E-state index in [1.165, 1.54) is 19.4 Å². The molecule has 0 radical (unpaired) electrons. The van der Waals surface area contributed by atoms with Gasteiger partial charge < -0.3 is 14.4 Å². The summed E-state index contributed by atoms with van der Waals surface area (Å²) in [5, 5.41) is 9.44. The Kier molecular flexibility index (Phi) is 7.72. The molecule has 0 saturated heterocycles. The highest BCUT2D eigenvalue weighted by Gasteiger charge is 2.19. The number of carbonyl (C=O) groups is 1. The van der Waals surface area contributed by atoms with Gasteiger partial charge in [0.2, 0.25) is 0 Å². The molecule has 0 fully saturated rings. The summed E-state index contributed by atoms with van der Waals surface area (Å²) in [6.45, 7) is 9.04. The molecule has 0 saturated carbocycles.